The number of hydrogen-bond donors (Lipinski definition) is 0. The summed E-state index contributed by atoms with van der Waals surface area (Å²) < 4.78 is 1.09. The lowest BCUT2D eigenvalue weighted by atomic mass is 10.2. The van der Waals surface area contributed by atoms with E-state index in [1.807, 2.05) is 24.3 Å². The Labute approximate surface area is 94.9 Å². The summed E-state index contributed by atoms with van der Waals surface area (Å²) in [7, 11) is 0. The first-order valence-corrected chi connectivity index (χ1v) is 5.87. The maximum absolute atomic E-state index is 3.48. The number of benzene rings is 1. The van der Waals surface area contributed by atoms with Gasteiger partial charge in [-0.05, 0) is 34.5 Å². The Bertz CT molecular complexity index is 331. The standard InChI is InChI=1S/C13H15Br/c1-2-3-4-5-6-9-12-10-7-8-11-13(12)14/h7-8,10-11H,2-5H2,1H3. The van der Waals surface area contributed by atoms with Gasteiger partial charge in [0.1, 0.15) is 0 Å². The number of rotatable bonds is 3. The van der Waals surface area contributed by atoms with Gasteiger partial charge in [-0.2, -0.15) is 0 Å². The van der Waals surface area contributed by atoms with Crippen LogP contribution in [-0.2, 0) is 0 Å². The van der Waals surface area contributed by atoms with Crippen LogP contribution in [-0.4, -0.2) is 0 Å². The van der Waals surface area contributed by atoms with Crippen molar-refractivity contribution in [2.24, 2.45) is 0 Å². The van der Waals surface area contributed by atoms with Crippen LogP contribution in [0.2, 0.25) is 0 Å². The molecule has 1 heteroatoms. The Morgan fingerprint density at radius 2 is 2.00 bits per heavy atom. The number of unbranched alkanes of at least 4 members (excludes halogenated alkanes) is 3. The predicted octanol–water partition coefficient (Wildman–Crippen LogP) is 4.38. The van der Waals surface area contributed by atoms with Crippen LogP contribution >= 0.6 is 15.9 Å². The molecule has 0 radical (unpaired) electrons. The van der Waals surface area contributed by atoms with Gasteiger partial charge in [-0.1, -0.05) is 43.7 Å². The summed E-state index contributed by atoms with van der Waals surface area (Å²) in [5.41, 5.74) is 1.09. The first-order valence-electron chi connectivity index (χ1n) is 5.08. The molecule has 0 amide bonds. The molecule has 0 N–H and O–H groups in total. The van der Waals surface area contributed by atoms with E-state index in [-0.39, 0.29) is 0 Å². The molecule has 0 spiro atoms. The summed E-state index contributed by atoms with van der Waals surface area (Å²) in [6, 6.07) is 8.08. The van der Waals surface area contributed by atoms with Crippen molar-refractivity contribution >= 4 is 15.9 Å². The lowest BCUT2D eigenvalue weighted by molar-refractivity contribution is 0.737. The molecule has 0 fully saturated rings. The quantitative estimate of drug-likeness (QED) is 0.552. The van der Waals surface area contributed by atoms with Gasteiger partial charge in [0.2, 0.25) is 0 Å². The van der Waals surface area contributed by atoms with E-state index in [4.69, 9.17) is 0 Å². The first kappa shape index (κ1) is 11.3. The Morgan fingerprint density at radius 1 is 1.21 bits per heavy atom. The molecule has 0 unspecified atom stereocenters. The van der Waals surface area contributed by atoms with E-state index in [1.54, 1.807) is 0 Å². The van der Waals surface area contributed by atoms with E-state index in [1.165, 1.54) is 19.3 Å². The molecule has 0 atom stereocenters. The molecule has 0 aliphatic heterocycles. The Morgan fingerprint density at radius 3 is 2.71 bits per heavy atom. The van der Waals surface area contributed by atoms with Crippen LogP contribution in [0.15, 0.2) is 28.7 Å². The van der Waals surface area contributed by atoms with Crippen LogP contribution in [0.4, 0.5) is 0 Å². The molecule has 0 heterocycles. The molecule has 14 heavy (non-hydrogen) atoms. The van der Waals surface area contributed by atoms with E-state index >= 15 is 0 Å². The maximum atomic E-state index is 3.48. The van der Waals surface area contributed by atoms with E-state index in [0.29, 0.717) is 0 Å². The first-order chi connectivity index (χ1) is 6.84. The van der Waals surface area contributed by atoms with E-state index in [2.05, 4.69) is 34.7 Å². The monoisotopic (exact) mass is 250 g/mol. The highest BCUT2D eigenvalue weighted by atomic mass is 79.9. The van der Waals surface area contributed by atoms with Crippen molar-refractivity contribution in [2.75, 3.05) is 0 Å². The van der Waals surface area contributed by atoms with Crippen LogP contribution in [0.3, 0.4) is 0 Å². The minimum Gasteiger partial charge on any atom is -0.0979 e. The highest BCUT2D eigenvalue weighted by molar-refractivity contribution is 9.10. The Balaban J connectivity index is 2.47. The third-order valence-electron chi connectivity index (χ3n) is 2.00. The average Bonchev–Trinajstić information content (AvgIpc) is 2.20. The molecule has 0 aliphatic carbocycles. The fraction of sp³-hybridized carbons (Fsp3) is 0.385. The molecule has 0 nitrogen and oxygen atoms in total. The molecule has 0 saturated heterocycles. The molecule has 1 aromatic carbocycles. The average molecular weight is 251 g/mol. The highest BCUT2D eigenvalue weighted by Crippen LogP contribution is 2.14. The Hall–Kier alpha value is -0.740. The second-order valence-electron chi connectivity index (χ2n) is 3.24. The third-order valence-corrected chi connectivity index (χ3v) is 2.69. The second-order valence-corrected chi connectivity index (χ2v) is 4.09. The molecule has 0 saturated carbocycles. The van der Waals surface area contributed by atoms with E-state index in [0.717, 1.165) is 16.5 Å². The van der Waals surface area contributed by atoms with Crippen molar-refractivity contribution < 1.29 is 0 Å². The SMILES string of the molecule is CCCCCC#Cc1ccccc1Br. The molecule has 74 valence electrons. The van der Waals surface area contributed by atoms with Crippen LogP contribution in [0, 0.1) is 11.8 Å². The topological polar surface area (TPSA) is 0 Å². The van der Waals surface area contributed by atoms with Crippen LogP contribution in [0.5, 0.6) is 0 Å². The molecule has 0 bridgehead atoms. The van der Waals surface area contributed by atoms with Crippen molar-refractivity contribution in [3.63, 3.8) is 0 Å². The van der Waals surface area contributed by atoms with Gasteiger partial charge in [-0.25, -0.2) is 0 Å². The summed E-state index contributed by atoms with van der Waals surface area (Å²) in [6.07, 6.45) is 4.77. The number of halogens is 1. The van der Waals surface area contributed by atoms with Crippen molar-refractivity contribution in [2.45, 2.75) is 32.6 Å². The minimum atomic E-state index is 1.01. The third kappa shape index (κ3) is 3.98. The molecule has 0 aliphatic rings. The van der Waals surface area contributed by atoms with E-state index in [9.17, 15) is 0 Å². The predicted molar refractivity (Wildman–Crippen MR) is 65.2 cm³/mol. The van der Waals surface area contributed by atoms with Crippen LogP contribution in [0.25, 0.3) is 0 Å². The van der Waals surface area contributed by atoms with Crippen molar-refractivity contribution in [3.8, 4) is 11.8 Å². The number of hydrogen-bond acceptors (Lipinski definition) is 0. The van der Waals surface area contributed by atoms with Gasteiger partial charge in [-0.3, -0.25) is 0 Å². The largest absolute Gasteiger partial charge is 0.0979 e. The zero-order chi connectivity index (χ0) is 10.2. The van der Waals surface area contributed by atoms with Gasteiger partial charge in [0.15, 0.2) is 0 Å². The fourth-order valence-electron chi connectivity index (χ4n) is 1.18. The van der Waals surface area contributed by atoms with Crippen molar-refractivity contribution in [3.05, 3.63) is 34.3 Å². The molecule has 1 aromatic rings. The fourth-order valence-corrected chi connectivity index (χ4v) is 1.57. The summed E-state index contributed by atoms with van der Waals surface area (Å²) in [5.74, 6) is 6.37. The maximum Gasteiger partial charge on any atom is 0.0387 e. The van der Waals surface area contributed by atoms with Gasteiger partial charge in [0.05, 0.1) is 0 Å². The van der Waals surface area contributed by atoms with Crippen LogP contribution < -0.4 is 0 Å². The van der Waals surface area contributed by atoms with Crippen molar-refractivity contribution in [1.29, 1.82) is 0 Å². The molecule has 0 aromatic heterocycles. The van der Waals surface area contributed by atoms with Gasteiger partial charge in [-0.15, -0.1) is 0 Å². The second kappa shape index (κ2) is 6.68. The summed E-state index contributed by atoms with van der Waals surface area (Å²) in [6.45, 7) is 2.21. The normalized spacial score (nSPS) is 9.29. The zero-order valence-electron chi connectivity index (χ0n) is 8.52. The van der Waals surface area contributed by atoms with Gasteiger partial charge in [0.25, 0.3) is 0 Å². The highest BCUT2D eigenvalue weighted by Gasteiger charge is 1.91. The minimum absolute atomic E-state index is 1.01. The molecular formula is C13H15Br. The Kier molecular flexibility index (Phi) is 5.40. The smallest absolute Gasteiger partial charge is 0.0387 e. The van der Waals surface area contributed by atoms with Gasteiger partial charge in [0, 0.05) is 16.5 Å². The van der Waals surface area contributed by atoms with E-state index < -0.39 is 0 Å². The van der Waals surface area contributed by atoms with Gasteiger partial charge < -0.3 is 0 Å². The summed E-state index contributed by atoms with van der Waals surface area (Å²) in [4.78, 5) is 0. The summed E-state index contributed by atoms with van der Waals surface area (Å²) >= 11 is 3.48. The molecule has 1 rings (SSSR count). The van der Waals surface area contributed by atoms with Crippen LogP contribution in [0.1, 0.15) is 38.2 Å². The molecular weight excluding hydrogens is 236 g/mol. The summed E-state index contributed by atoms with van der Waals surface area (Å²) in [5, 5.41) is 0. The lowest BCUT2D eigenvalue weighted by Gasteiger charge is -1.93. The van der Waals surface area contributed by atoms with Gasteiger partial charge >= 0.3 is 0 Å². The zero-order valence-corrected chi connectivity index (χ0v) is 10.1. The van der Waals surface area contributed by atoms with Crippen molar-refractivity contribution in [1.82, 2.24) is 0 Å². The lowest BCUT2D eigenvalue weighted by Crippen LogP contribution is -1.76.